The Bertz CT molecular complexity index is 1040. The quantitative estimate of drug-likeness (QED) is 0.729. The van der Waals surface area contributed by atoms with Gasteiger partial charge in [-0.1, -0.05) is 36.4 Å². The Labute approximate surface area is 169 Å². The predicted molar refractivity (Wildman–Crippen MR) is 108 cm³/mol. The topological polar surface area (TPSA) is 67.6 Å². The summed E-state index contributed by atoms with van der Waals surface area (Å²) in [5, 5.41) is 14.5. The van der Waals surface area contributed by atoms with Gasteiger partial charge in [-0.3, -0.25) is 4.79 Å². The fraction of sp³-hybridized carbons (Fsp3) is 0.304. The third kappa shape index (κ3) is 3.29. The van der Waals surface area contributed by atoms with Crippen LogP contribution in [0.3, 0.4) is 0 Å². The predicted octanol–water partition coefficient (Wildman–Crippen LogP) is 4.11. The van der Waals surface area contributed by atoms with E-state index < -0.39 is 0 Å². The highest BCUT2D eigenvalue weighted by Gasteiger charge is 2.29. The highest BCUT2D eigenvalue weighted by Crippen LogP contribution is 2.32. The van der Waals surface area contributed by atoms with Crippen LogP contribution < -0.4 is 0 Å². The van der Waals surface area contributed by atoms with Gasteiger partial charge in [-0.2, -0.15) is 5.10 Å². The number of benzene rings is 2. The van der Waals surface area contributed by atoms with Crippen molar-refractivity contribution < 1.29 is 14.6 Å². The molecule has 1 saturated heterocycles. The Morgan fingerprint density at radius 2 is 1.97 bits per heavy atom. The van der Waals surface area contributed by atoms with Crippen molar-refractivity contribution in [1.29, 1.82) is 0 Å². The van der Waals surface area contributed by atoms with Crippen LogP contribution in [0.15, 0.2) is 54.7 Å². The third-order valence-corrected chi connectivity index (χ3v) is 5.71. The minimum atomic E-state index is -0.116. The van der Waals surface area contributed by atoms with Gasteiger partial charge in [0, 0.05) is 25.9 Å². The molecule has 5 rings (SSSR count). The summed E-state index contributed by atoms with van der Waals surface area (Å²) in [6.45, 7) is 1.82. The molecule has 2 aliphatic rings. The van der Waals surface area contributed by atoms with Crippen LogP contribution in [-0.2, 0) is 17.8 Å². The van der Waals surface area contributed by atoms with E-state index in [1.165, 1.54) is 0 Å². The number of ether oxygens (including phenoxy) is 1. The molecule has 148 valence electrons. The van der Waals surface area contributed by atoms with Gasteiger partial charge >= 0.3 is 0 Å². The zero-order chi connectivity index (χ0) is 19.8. The Morgan fingerprint density at radius 1 is 1.10 bits per heavy atom. The number of hydrogen-bond donors (Lipinski definition) is 1. The summed E-state index contributed by atoms with van der Waals surface area (Å²) >= 11 is 0. The van der Waals surface area contributed by atoms with Crippen LogP contribution in [0.4, 0.5) is 0 Å². The monoisotopic (exact) mass is 389 g/mol. The molecular formula is C23H23N3O3. The lowest BCUT2D eigenvalue weighted by atomic mass is 10.1. The van der Waals surface area contributed by atoms with E-state index in [4.69, 9.17) is 4.74 Å². The van der Waals surface area contributed by atoms with Crippen LogP contribution in [-0.4, -0.2) is 32.3 Å². The summed E-state index contributed by atoms with van der Waals surface area (Å²) in [4.78, 5) is 14.4. The van der Waals surface area contributed by atoms with Crippen molar-refractivity contribution in [3.63, 3.8) is 0 Å². The molecule has 0 saturated carbocycles. The van der Waals surface area contributed by atoms with E-state index in [1.54, 1.807) is 17.0 Å². The number of carbonyl (C=O) groups is 1. The SMILES string of the molecule is O=C1c2c(O)cccc2CN1Cc1ccc(-c2ccnn2C2CCCCO2)cc1. The van der Waals surface area contributed by atoms with Gasteiger partial charge in [0.1, 0.15) is 5.75 Å². The Kier molecular flexibility index (Phi) is 4.56. The first kappa shape index (κ1) is 17.9. The van der Waals surface area contributed by atoms with Gasteiger partial charge in [-0.25, -0.2) is 4.68 Å². The number of hydrogen-bond acceptors (Lipinski definition) is 4. The molecule has 1 fully saturated rings. The van der Waals surface area contributed by atoms with E-state index in [2.05, 4.69) is 17.2 Å². The van der Waals surface area contributed by atoms with Crippen molar-refractivity contribution >= 4 is 5.91 Å². The fourth-order valence-corrected chi connectivity index (χ4v) is 4.22. The summed E-state index contributed by atoms with van der Waals surface area (Å²) < 4.78 is 7.85. The van der Waals surface area contributed by atoms with E-state index in [-0.39, 0.29) is 17.9 Å². The van der Waals surface area contributed by atoms with Crippen molar-refractivity contribution in [3.8, 4) is 17.0 Å². The van der Waals surface area contributed by atoms with Gasteiger partial charge in [-0.05, 0) is 48.1 Å². The Balaban J connectivity index is 1.33. The number of phenolic OH excluding ortho intramolecular Hbond substituents is 1. The Hall–Kier alpha value is -3.12. The largest absolute Gasteiger partial charge is 0.507 e. The number of phenols is 1. The minimum Gasteiger partial charge on any atom is -0.507 e. The molecule has 6 heteroatoms. The first-order valence-electron chi connectivity index (χ1n) is 10.1. The molecule has 29 heavy (non-hydrogen) atoms. The number of rotatable bonds is 4. The van der Waals surface area contributed by atoms with E-state index in [0.29, 0.717) is 18.7 Å². The van der Waals surface area contributed by atoms with Crippen molar-refractivity contribution in [2.75, 3.05) is 6.61 Å². The molecule has 1 N–H and O–H groups in total. The van der Waals surface area contributed by atoms with Gasteiger partial charge < -0.3 is 14.7 Å². The lowest BCUT2D eigenvalue weighted by Crippen LogP contribution is -2.23. The fourth-order valence-electron chi connectivity index (χ4n) is 4.22. The van der Waals surface area contributed by atoms with E-state index in [9.17, 15) is 9.90 Å². The maximum absolute atomic E-state index is 12.6. The number of nitrogens with zero attached hydrogens (tertiary/aromatic N) is 3. The number of fused-ring (bicyclic) bond motifs is 1. The number of aromatic nitrogens is 2. The second-order valence-electron chi connectivity index (χ2n) is 7.65. The molecule has 0 radical (unpaired) electrons. The standard InChI is InChI=1S/C23H23N3O3/c27-20-5-3-4-18-15-25(23(28)22(18)20)14-16-7-9-17(10-8-16)19-11-12-24-26(19)21-6-1-2-13-29-21/h3-5,7-12,21,27H,1-2,6,13-15H2. The lowest BCUT2D eigenvalue weighted by molar-refractivity contribution is -0.0383. The molecule has 3 aromatic rings. The summed E-state index contributed by atoms with van der Waals surface area (Å²) in [5.74, 6) is -0.0572. The zero-order valence-electron chi connectivity index (χ0n) is 16.1. The summed E-state index contributed by atoms with van der Waals surface area (Å²) in [6.07, 6.45) is 5.07. The molecule has 0 bridgehead atoms. The molecule has 1 aromatic heterocycles. The first-order chi connectivity index (χ1) is 14.2. The van der Waals surface area contributed by atoms with Gasteiger partial charge in [0.15, 0.2) is 6.23 Å². The van der Waals surface area contributed by atoms with Crippen LogP contribution in [0, 0.1) is 0 Å². The van der Waals surface area contributed by atoms with E-state index in [1.807, 2.05) is 35.1 Å². The molecule has 2 aliphatic heterocycles. The van der Waals surface area contributed by atoms with Crippen molar-refractivity contribution in [3.05, 3.63) is 71.4 Å². The number of amides is 1. The van der Waals surface area contributed by atoms with Gasteiger partial charge in [0.2, 0.25) is 0 Å². The highest BCUT2D eigenvalue weighted by molar-refractivity contribution is 6.00. The highest BCUT2D eigenvalue weighted by atomic mass is 16.5. The number of carbonyl (C=O) groups excluding carboxylic acids is 1. The summed E-state index contributed by atoms with van der Waals surface area (Å²) in [7, 11) is 0. The zero-order valence-corrected chi connectivity index (χ0v) is 16.1. The van der Waals surface area contributed by atoms with Crippen LogP contribution in [0.25, 0.3) is 11.3 Å². The van der Waals surface area contributed by atoms with Crippen molar-refractivity contribution in [2.24, 2.45) is 0 Å². The maximum Gasteiger partial charge on any atom is 0.258 e. The Morgan fingerprint density at radius 3 is 2.72 bits per heavy atom. The molecule has 3 heterocycles. The summed E-state index contributed by atoms with van der Waals surface area (Å²) in [5.41, 5.74) is 4.48. The second-order valence-corrected chi connectivity index (χ2v) is 7.65. The van der Waals surface area contributed by atoms with Crippen molar-refractivity contribution in [2.45, 2.75) is 38.6 Å². The molecule has 6 nitrogen and oxygen atoms in total. The van der Waals surface area contributed by atoms with Crippen LogP contribution >= 0.6 is 0 Å². The van der Waals surface area contributed by atoms with Crippen LogP contribution in [0.5, 0.6) is 5.75 Å². The van der Waals surface area contributed by atoms with Gasteiger partial charge in [-0.15, -0.1) is 0 Å². The molecule has 1 amide bonds. The first-order valence-corrected chi connectivity index (χ1v) is 10.1. The molecule has 0 spiro atoms. The van der Waals surface area contributed by atoms with E-state index in [0.717, 1.165) is 48.3 Å². The van der Waals surface area contributed by atoms with Crippen LogP contribution in [0.1, 0.15) is 47.0 Å². The lowest BCUT2D eigenvalue weighted by Gasteiger charge is -2.24. The molecule has 0 aliphatic carbocycles. The van der Waals surface area contributed by atoms with Crippen molar-refractivity contribution in [1.82, 2.24) is 14.7 Å². The smallest absolute Gasteiger partial charge is 0.258 e. The molecule has 2 aromatic carbocycles. The average Bonchev–Trinajstić information content (AvgIpc) is 3.35. The van der Waals surface area contributed by atoms with Gasteiger partial charge in [0.25, 0.3) is 5.91 Å². The number of aromatic hydroxyl groups is 1. The maximum atomic E-state index is 12.6. The van der Waals surface area contributed by atoms with E-state index >= 15 is 0 Å². The molecule has 1 atom stereocenters. The minimum absolute atomic E-state index is 0.00169. The molecular weight excluding hydrogens is 366 g/mol. The van der Waals surface area contributed by atoms with Crippen LogP contribution in [0.2, 0.25) is 0 Å². The van der Waals surface area contributed by atoms with Gasteiger partial charge in [0.05, 0.1) is 11.3 Å². The molecule has 1 unspecified atom stereocenters. The summed E-state index contributed by atoms with van der Waals surface area (Å²) in [6, 6.07) is 15.5. The average molecular weight is 389 g/mol. The third-order valence-electron chi connectivity index (χ3n) is 5.71. The normalized spacial score (nSPS) is 18.8. The second kappa shape index (κ2) is 7.37.